The van der Waals surface area contributed by atoms with Crippen LogP contribution in [0.5, 0.6) is 5.75 Å². The summed E-state index contributed by atoms with van der Waals surface area (Å²) >= 11 is 0. The van der Waals surface area contributed by atoms with E-state index >= 15 is 8.78 Å². The van der Waals surface area contributed by atoms with Crippen molar-refractivity contribution < 1.29 is 46.9 Å². The normalized spacial score (nSPS) is 25.5. The highest BCUT2D eigenvalue weighted by molar-refractivity contribution is 7.58. The van der Waals surface area contributed by atoms with Gasteiger partial charge in [-0.1, -0.05) is 23.3 Å². The zero-order valence-corrected chi connectivity index (χ0v) is 25.7. The third kappa shape index (κ3) is 8.02. The summed E-state index contributed by atoms with van der Waals surface area (Å²) < 4.78 is 52.6. The highest BCUT2D eigenvalue weighted by atomic mass is 31.2. The Bertz CT molecular complexity index is 1370. The molecule has 242 valence electrons. The molecule has 44 heavy (non-hydrogen) atoms. The second-order valence-electron chi connectivity index (χ2n) is 11.1. The fraction of sp³-hybridized carbons (Fsp3) is 0.571. The van der Waals surface area contributed by atoms with Crippen molar-refractivity contribution in [3.8, 4) is 5.75 Å². The van der Waals surface area contributed by atoms with Crippen LogP contribution >= 0.6 is 8.09 Å². The third-order valence-electron chi connectivity index (χ3n) is 7.22. The van der Waals surface area contributed by atoms with E-state index in [0.29, 0.717) is 11.0 Å². The zero-order chi connectivity index (χ0) is 32.2. The number of likely N-dealkylation sites (N-methyl/N-ethyl adjacent to an activating group) is 1. The Balaban J connectivity index is 1.47. The fourth-order valence-corrected chi connectivity index (χ4v) is 6.50. The first-order valence-electron chi connectivity index (χ1n) is 14.2. The summed E-state index contributed by atoms with van der Waals surface area (Å²) in [6.07, 6.45) is -4.41. The highest BCUT2D eigenvalue weighted by Crippen LogP contribution is 2.54. The predicted molar refractivity (Wildman–Crippen MR) is 154 cm³/mol. The Kier molecular flexibility index (Phi) is 10.8. The number of alkyl halides is 2. The van der Waals surface area contributed by atoms with Gasteiger partial charge in [0, 0.05) is 6.20 Å². The van der Waals surface area contributed by atoms with E-state index in [9.17, 15) is 24.4 Å². The van der Waals surface area contributed by atoms with Crippen LogP contribution in [0.3, 0.4) is 0 Å². The van der Waals surface area contributed by atoms with Crippen LogP contribution in [0.25, 0.3) is 0 Å². The molecule has 0 saturated carbocycles. The summed E-state index contributed by atoms with van der Waals surface area (Å²) in [6, 6.07) is 7.79. The van der Waals surface area contributed by atoms with Gasteiger partial charge in [0.05, 0.1) is 24.3 Å². The van der Waals surface area contributed by atoms with Gasteiger partial charge in [0.25, 0.3) is 0 Å². The lowest BCUT2D eigenvalue weighted by molar-refractivity contribution is -0.149. The number of Topliss-reactive ketones (excluding diaryl/α,β-unsaturated/α-hetero) is 1. The quantitative estimate of drug-likeness (QED) is 0.216. The van der Waals surface area contributed by atoms with Gasteiger partial charge in [-0.25, -0.2) is 4.79 Å². The van der Waals surface area contributed by atoms with E-state index in [0.717, 1.165) is 19.2 Å². The van der Waals surface area contributed by atoms with Gasteiger partial charge >= 0.3 is 25.7 Å². The number of carbonyl (C=O) groups excluding carboxylic acids is 2. The molecule has 3 heterocycles. The topological polar surface area (TPSA) is 162 Å². The first-order valence-corrected chi connectivity index (χ1v) is 15.8. The first kappa shape index (κ1) is 34.0. The van der Waals surface area contributed by atoms with E-state index in [1.54, 1.807) is 32.0 Å². The SMILES string of the molecule is CC(C)OC(=O)[C@H](C)N[P+](O)(OC[C@H]1O[C@@H](n2ccc(CC(=O)[C@@H]3CCCN3C)nc2=O)C(F)(F)[C@@H]1O)Oc1ccccc1. The Labute approximate surface area is 253 Å². The number of halogens is 2. The van der Waals surface area contributed by atoms with Gasteiger partial charge in [0.2, 0.25) is 6.23 Å². The summed E-state index contributed by atoms with van der Waals surface area (Å²) in [5.41, 5.74) is -0.966. The molecule has 2 fully saturated rings. The molecule has 2 aliphatic heterocycles. The molecule has 13 nitrogen and oxygen atoms in total. The molecule has 4 rings (SSSR count). The molecule has 1 unspecified atom stereocenters. The van der Waals surface area contributed by atoms with E-state index in [-0.39, 0.29) is 29.7 Å². The van der Waals surface area contributed by atoms with Gasteiger partial charge in [-0.15, -0.1) is 0 Å². The minimum absolute atomic E-state index is 0.126. The summed E-state index contributed by atoms with van der Waals surface area (Å²) in [5, 5.41) is 13.0. The molecule has 2 aromatic rings. The molecule has 6 atom stereocenters. The van der Waals surface area contributed by atoms with Crippen molar-refractivity contribution in [1.29, 1.82) is 0 Å². The van der Waals surface area contributed by atoms with E-state index in [4.69, 9.17) is 18.5 Å². The Hall–Kier alpha value is -2.91. The van der Waals surface area contributed by atoms with Crippen molar-refractivity contribution in [1.82, 2.24) is 19.5 Å². The zero-order valence-electron chi connectivity index (χ0n) is 24.8. The van der Waals surface area contributed by atoms with Crippen LogP contribution in [0.15, 0.2) is 47.4 Å². The van der Waals surface area contributed by atoms with E-state index in [2.05, 4.69) is 10.1 Å². The largest absolute Gasteiger partial charge is 0.544 e. The number of nitrogens with one attached hydrogen (secondary N) is 1. The molecule has 16 heteroatoms. The molecule has 0 aliphatic carbocycles. The third-order valence-corrected chi connectivity index (χ3v) is 8.89. The number of esters is 1. The summed E-state index contributed by atoms with van der Waals surface area (Å²) in [6.45, 7) is 4.64. The van der Waals surface area contributed by atoms with Gasteiger partial charge < -0.3 is 14.6 Å². The molecular weight excluding hydrogens is 605 g/mol. The van der Waals surface area contributed by atoms with E-state index in [1.807, 2.05) is 11.9 Å². The van der Waals surface area contributed by atoms with Gasteiger partial charge in [-0.05, 0) is 65.4 Å². The minimum Gasteiger partial charge on any atom is -0.462 e. The van der Waals surface area contributed by atoms with Crippen LogP contribution in [0.2, 0.25) is 0 Å². The first-order chi connectivity index (χ1) is 20.7. The average molecular weight is 644 g/mol. The summed E-state index contributed by atoms with van der Waals surface area (Å²) in [5.74, 6) is -4.68. The van der Waals surface area contributed by atoms with Crippen LogP contribution < -0.4 is 15.3 Å². The number of hydrogen-bond acceptors (Lipinski definition) is 12. The van der Waals surface area contributed by atoms with Crippen LogP contribution in [0, 0.1) is 0 Å². The summed E-state index contributed by atoms with van der Waals surface area (Å²) in [7, 11) is -2.37. The Morgan fingerprint density at radius 2 is 1.93 bits per heavy atom. The van der Waals surface area contributed by atoms with Gasteiger partial charge in [0.15, 0.2) is 17.6 Å². The lowest BCUT2D eigenvalue weighted by atomic mass is 10.1. The number of benzene rings is 1. The number of aliphatic hydroxyl groups is 1. The second-order valence-corrected chi connectivity index (χ2v) is 12.8. The monoisotopic (exact) mass is 643 g/mol. The molecule has 0 amide bonds. The van der Waals surface area contributed by atoms with Crippen LogP contribution in [0.4, 0.5) is 8.78 Å². The van der Waals surface area contributed by atoms with E-state index in [1.165, 1.54) is 25.1 Å². The molecule has 1 aromatic carbocycles. The predicted octanol–water partition coefficient (Wildman–Crippen LogP) is 2.04. The molecule has 0 spiro atoms. The van der Waals surface area contributed by atoms with Crippen molar-refractivity contribution in [3.05, 3.63) is 58.8 Å². The number of aromatic nitrogens is 2. The lowest BCUT2D eigenvalue weighted by Crippen LogP contribution is -2.42. The van der Waals surface area contributed by atoms with Crippen LogP contribution in [0.1, 0.15) is 45.5 Å². The maximum atomic E-state index is 15.2. The average Bonchev–Trinajstić information content (AvgIpc) is 3.48. The number of nitrogens with zero attached hydrogens (tertiary/aromatic N) is 3. The Morgan fingerprint density at radius 1 is 1.23 bits per heavy atom. The smallest absolute Gasteiger partial charge is 0.462 e. The van der Waals surface area contributed by atoms with Crippen LogP contribution in [-0.4, -0.2) is 92.7 Å². The van der Waals surface area contributed by atoms with Crippen LogP contribution in [-0.2, 0) is 30.0 Å². The highest BCUT2D eigenvalue weighted by Gasteiger charge is 2.61. The van der Waals surface area contributed by atoms with Crippen molar-refractivity contribution in [2.75, 3.05) is 20.2 Å². The van der Waals surface area contributed by atoms with Gasteiger partial charge in [-0.3, -0.25) is 23.6 Å². The van der Waals surface area contributed by atoms with Crippen molar-refractivity contribution in [2.24, 2.45) is 0 Å². The molecule has 3 N–H and O–H groups in total. The molecule has 2 saturated heterocycles. The molecule has 2 aliphatic rings. The number of carbonyl (C=O) groups is 2. The Morgan fingerprint density at radius 3 is 2.55 bits per heavy atom. The number of hydrogen-bond donors (Lipinski definition) is 3. The number of rotatable bonds is 13. The molecule has 0 radical (unpaired) electrons. The standard InChI is InChI=1S/C28H38F2N4O9P/c1-17(2)41-25(37)18(3)32-44(39,43-20-9-6-5-7-10-20)40-16-23-24(36)28(29,30)26(42-23)34-14-12-19(31-27(34)38)15-22(35)21-11-8-13-33(21)4/h5-7,9-10,12,14,17-18,21,23-24,26,32,36,39H,8,11,13,15-16H2,1-4H3/q+1/t18-,21-,23+,24+,26+,44?/m0/s1. The number of ether oxygens (including phenoxy) is 2. The maximum absolute atomic E-state index is 15.2. The maximum Gasteiger partial charge on any atom is 0.544 e. The molecule has 0 bridgehead atoms. The van der Waals surface area contributed by atoms with E-state index < -0.39 is 62.9 Å². The fourth-order valence-electron chi connectivity index (χ4n) is 4.96. The molecule has 1 aromatic heterocycles. The van der Waals surface area contributed by atoms with Crippen molar-refractivity contribution >= 4 is 19.8 Å². The summed E-state index contributed by atoms with van der Waals surface area (Å²) in [4.78, 5) is 54.8. The van der Waals surface area contributed by atoms with Crippen molar-refractivity contribution in [3.63, 3.8) is 0 Å². The number of ketones is 1. The van der Waals surface area contributed by atoms with Gasteiger partial charge in [0.1, 0.15) is 18.8 Å². The number of para-hydroxylation sites is 1. The number of aliphatic hydroxyl groups excluding tert-OH is 1. The lowest BCUT2D eigenvalue weighted by Gasteiger charge is -2.22. The molecular formula is C28H38F2N4O9P+. The van der Waals surface area contributed by atoms with Crippen molar-refractivity contribution in [2.45, 2.75) is 82.6 Å². The van der Waals surface area contributed by atoms with Gasteiger partial charge in [-0.2, -0.15) is 23.2 Å². The second kappa shape index (κ2) is 14.0. The number of likely N-dealkylation sites (tertiary alicyclic amines) is 1. The minimum atomic E-state index is -4.20.